The second-order valence-electron chi connectivity index (χ2n) is 20.4. The average molecular weight is 1110 g/mol. The van der Waals surface area contributed by atoms with E-state index in [9.17, 15) is 0 Å². The zero-order valence-corrected chi connectivity index (χ0v) is 47.9. The lowest BCUT2D eigenvalue weighted by atomic mass is 9.64. The Morgan fingerprint density at radius 2 is 0.548 bits per heavy atom. The number of aryl methyl sites for hydroxylation is 1. The first-order valence-electron chi connectivity index (χ1n) is 27.4. The molecule has 0 bridgehead atoms. The van der Waals surface area contributed by atoms with Crippen molar-refractivity contribution in [1.29, 1.82) is 0 Å². The Labute approximate surface area is 487 Å². The van der Waals surface area contributed by atoms with Gasteiger partial charge in [-0.2, -0.15) is 0 Å². The van der Waals surface area contributed by atoms with Gasteiger partial charge in [0.15, 0.2) is 34.5 Å². The van der Waals surface area contributed by atoms with Crippen LogP contribution in [-0.4, -0.2) is 70.2 Å². The van der Waals surface area contributed by atoms with Gasteiger partial charge in [-0.25, -0.2) is 0 Å². The van der Waals surface area contributed by atoms with Crippen molar-refractivity contribution in [1.82, 2.24) is 20.4 Å². The Morgan fingerprint density at radius 1 is 0.286 bits per heavy atom. The molecule has 0 atom stereocenters. The number of nitrogens with zero attached hydrogens (tertiary/aromatic N) is 4. The summed E-state index contributed by atoms with van der Waals surface area (Å²) in [4.78, 5) is 0. The van der Waals surface area contributed by atoms with Crippen LogP contribution in [0.2, 0.25) is 0 Å². The molecule has 0 aliphatic heterocycles. The van der Waals surface area contributed by atoms with Crippen LogP contribution in [-0.2, 0) is 5.41 Å². The van der Waals surface area contributed by atoms with Crippen molar-refractivity contribution < 1.29 is 42.0 Å². The lowest BCUT2D eigenvalue weighted by molar-refractivity contribution is 0.355. The number of ether oxygens (including phenoxy) is 7. The molecule has 0 amide bonds. The number of rotatable bonds is 19. The normalized spacial score (nSPS) is 13.0. The minimum atomic E-state index is -0.896. The van der Waals surface area contributed by atoms with Crippen LogP contribution in [0.1, 0.15) is 62.9 Å². The average Bonchev–Trinajstić information content (AvgIpc) is 1.93. The highest BCUT2D eigenvalue weighted by Crippen LogP contribution is 2.48. The number of hydrogen-bond donors (Lipinski definition) is 0. The molecule has 0 N–H and O–H groups in total. The fraction of sp³-hybridized carbons (Fsp3) is 0.155. The van der Waals surface area contributed by atoms with Crippen molar-refractivity contribution >= 4 is 22.3 Å². The minimum absolute atomic E-state index is 0.350. The van der Waals surface area contributed by atoms with Gasteiger partial charge in [0.05, 0.1) is 55.2 Å². The fourth-order valence-electron chi connectivity index (χ4n) is 11.3. The van der Waals surface area contributed by atoms with Crippen molar-refractivity contribution in [2.45, 2.75) is 25.2 Å². The van der Waals surface area contributed by atoms with E-state index in [0.717, 1.165) is 85.4 Å². The van der Waals surface area contributed by atoms with Crippen molar-refractivity contribution in [2.75, 3.05) is 49.8 Å². The molecule has 10 aromatic rings. The van der Waals surface area contributed by atoms with E-state index in [1.165, 1.54) is 22.3 Å². The number of allylic oxidation sites excluding steroid dienone is 8. The number of benzene rings is 8. The second-order valence-corrected chi connectivity index (χ2v) is 20.4. The van der Waals surface area contributed by atoms with Gasteiger partial charge in [0.25, 0.3) is 0 Å². The first kappa shape index (κ1) is 54.2. The topological polar surface area (TPSA) is 142 Å². The van der Waals surface area contributed by atoms with Gasteiger partial charge in [-0.05, 0) is 171 Å². The van der Waals surface area contributed by atoms with Gasteiger partial charge in [-0.1, -0.05) is 115 Å². The third-order valence-corrected chi connectivity index (χ3v) is 15.9. The molecule has 84 heavy (non-hydrogen) atoms. The van der Waals surface area contributed by atoms with Crippen LogP contribution in [0.25, 0.3) is 68.1 Å². The van der Waals surface area contributed by atoms with E-state index < -0.39 is 5.41 Å². The molecular weight excluding hydrogens is 1050 g/mol. The van der Waals surface area contributed by atoms with Crippen molar-refractivity contribution in [3.63, 3.8) is 0 Å². The van der Waals surface area contributed by atoms with Gasteiger partial charge < -0.3 is 42.0 Å². The van der Waals surface area contributed by atoms with E-state index in [0.29, 0.717) is 63.6 Å². The highest BCUT2D eigenvalue weighted by Gasteiger charge is 2.39. The third kappa shape index (κ3) is 10.1. The van der Waals surface area contributed by atoms with Gasteiger partial charge in [0.2, 0.25) is 23.6 Å². The second kappa shape index (κ2) is 23.2. The van der Waals surface area contributed by atoms with E-state index in [1.54, 1.807) is 49.8 Å². The largest absolute Gasteiger partial charge is 0.496 e. The smallest absolute Gasteiger partial charge is 0.248 e. The van der Waals surface area contributed by atoms with Crippen LogP contribution in [0.4, 0.5) is 0 Å². The van der Waals surface area contributed by atoms with Crippen LogP contribution in [0, 0.1) is 6.92 Å². The number of aromatic nitrogens is 4. The molecule has 2 aliphatic rings. The summed E-state index contributed by atoms with van der Waals surface area (Å²) in [5, 5.41) is 18.0. The molecule has 0 radical (unpaired) electrons. The molecule has 2 aromatic heterocycles. The van der Waals surface area contributed by atoms with Gasteiger partial charge in [0.1, 0.15) is 5.75 Å². The molecule has 0 saturated carbocycles. The van der Waals surface area contributed by atoms with Gasteiger partial charge >= 0.3 is 0 Å². The van der Waals surface area contributed by atoms with Crippen LogP contribution in [0.3, 0.4) is 0 Å². The first-order valence-corrected chi connectivity index (χ1v) is 27.4. The van der Waals surface area contributed by atoms with Crippen LogP contribution >= 0.6 is 0 Å². The van der Waals surface area contributed by atoms with E-state index in [4.69, 9.17) is 42.0 Å². The Bertz CT molecular complexity index is 4060. The summed E-state index contributed by atoms with van der Waals surface area (Å²) in [5.74, 6) is 6.17. The highest BCUT2D eigenvalue weighted by atomic mass is 16.5. The number of methoxy groups -OCH3 is 7. The summed E-state index contributed by atoms with van der Waals surface area (Å²) >= 11 is 0. The summed E-state index contributed by atoms with van der Waals surface area (Å²) in [7, 11) is 11.5. The predicted molar refractivity (Wildman–Crippen MR) is 327 cm³/mol. The molecule has 13 heteroatoms. The van der Waals surface area contributed by atoms with E-state index in [1.807, 2.05) is 79.7 Å². The molecule has 12 rings (SSSR count). The van der Waals surface area contributed by atoms with Crippen molar-refractivity contribution in [3.8, 4) is 86.1 Å². The Hall–Kier alpha value is -10.4. The fourth-order valence-corrected chi connectivity index (χ4v) is 11.3. The molecule has 13 nitrogen and oxygen atoms in total. The van der Waals surface area contributed by atoms with E-state index in [-0.39, 0.29) is 0 Å². The minimum Gasteiger partial charge on any atom is -0.496 e. The molecular formula is C71H60N4O9. The SMILES string of the molecule is COc1cc(-c2nnc(-c3ccc(C(c4ccc(C5=CC=C(c6ccc(OC)c(OC)c6)C5)cc4)(c4ccc(C5=CC=C(c6ccc(OC)c(OC)c6)C5)cc4)c4ccc(-c5nnc(-c6ccc(OC)c(OC)c6)o5)cc4)cc3)o2)ccc1C. The maximum Gasteiger partial charge on any atom is 0.248 e. The van der Waals surface area contributed by atoms with Crippen LogP contribution < -0.4 is 33.2 Å². The quantitative estimate of drug-likeness (QED) is 0.0710. The van der Waals surface area contributed by atoms with Gasteiger partial charge in [-0.15, -0.1) is 20.4 Å². The summed E-state index contributed by atoms with van der Waals surface area (Å²) in [6.45, 7) is 2.00. The van der Waals surface area contributed by atoms with E-state index >= 15 is 0 Å². The summed E-state index contributed by atoms with van der Waals surface area (Å²) in [5.41, 5.74) is 16.4. The third-order valence-electron chi connectivity index (χ3n) is 15.9. The monoisotopic (exact) mass is 1110 g/mol. The molecule has 2 aliphatic carbocycles. The highest BCUT2D eigenvalue weighted by molar-refractivity contribution is 5.89. The first-order chi connectivity index (χ1) is 41.1. The Kier molecular flexibility index (Phi) is 15.0. The zero-order valence-electron chi connectivity index (χ0n) is 47.9. The van der Waals surface area contributed by atoms with Crippen LogP contribution in [0.5, 0.6) is 40.2 Å². The Balaban J connectivity index is 0.953. The maximum absolute atomic E-state index is 6.37. The summed E-state index contributed by atoms with van der Waals surface area (Å²) in [6.07, 6.45) is 10.3. The van der Waals surface area contributed by atoms with Gasteiger partial charge in [-0.3, -0.25) is 0 Å². The summed E-state index contributed by atoms with van der Waals surface area (Å²) in [6, 6.07) is 58.3. The van der Waals surface area contributed by atoms with Crippen LogP contribution in [0.15, 0.2) is 203 Å². The molecule has 0 unspecified atom stereocenters. The molecule has 2 heterocycles. The zero-order chi connectivity index (χ0) is 57.9. The predicted octanol–water partition coefficient (Wildman–Crippen LogP) is 15.6. The van der Waals surface area contributed by atoms with E-state index in [2.05, 4.69) is 142 Å². The van der Waals surface area contributed by atoms with Crippen molar-refractivity contribution in [2.24, 2.45) is 0 Å². The molecule has 0 saturated heterocycles. The molecule has 0 fully saturated rings. The number of hydrogen-bond acceptors (Lipinski definition) is 13. The standard InChI is InChI=1S/C71H60N4O9/c1-43-9-10-54(41-63(43)79-5)69-74-72-67(83-69)46-19-30-58(31-20-46)71(56-26-15-44(16-27-56)48-11-13-50(37-48)52-23-34-60(76-2)64(39-52)80-6,57-28-17-45(18-29-57)49-12-14-51(38-49)53-24-35-61(77-3)65(40-53)81-7)59-32-21-47(22-33-59)68-73-75-70(84-68)55-25-36-62(78-4)66(42-55)82-8/h9-36,39-42H,37-38H2,1-8H3. The molecule has 418 valence electrons. The molecule has 8 aromatic carbocycles. The van der Waals surface area contributed by atoms with Gasteiger partial charge in [0, 0.05) is 22.3 Å². The maximum atomic E-state index is 6.37. The summed E-state index contributed by atoms with van der Waals surface area (Å²) < 4.78 is 51.8. The lowest BCUT2D eigenvalue weighted by Crippen LogP contribution is -2.31. The molecule has 0 spiro atoms. The Morgan fingerprint density at radius 3 is 0.893 bits per heavy atom. The lowest BCUT2D eigenvalue weighted by Gasteiger charge is -2.37. The van der Waals surface area contributed by atoms with Crippen molar-refractivity contribution in [3.05, 3.63) is 244 Å².